The zero-order valence-electron chi connectivity index (χ0n) is 16.8. The average molecular weight is 420 g/mol. The molecule has 2 aromatic rings. The number of nitrogen functional groups attached to an aromatic ring is 1. The highest BCUT2D eigenvalue weighted by atomic mass is 19.4. The van der Waals surface area contributed by atoms with Crippen LogP contribution in [0.5, 0.6) is 0 Å². The van der Waals surface area contributed by atoms with Crippen LogP contribution in [0.1, 0.15) is 37.5 Å². The van der Waals surface area contributed by atoms with Gasteiger partial charge in [0.1, 0.15) is 5.60 Å². The van der Waals surface area contributed by atoms with E-state index < -0.39 is 29.2 Å². The van der Waals surface area contributed by atoms with Gasteiger partial charge in [-0.3, -0.25) is 4.79 Å². The Labute approximate surface area is 172 Å². The first-order valence-electron chi connectivity index (χ1n) is 9.10. The number of rotatable bonds is 5. The van der Waals surface area contributed by atoms with Gasteiger partial charge in [0.2, 0.25) is 5.91 Å². The Bertz CT molecular complexity index is 944. The molecule has 0 unspecified atom stereocenters. The molecule has 0 saturated heterocycles. The Kier molecular flexibility index (Phi) is 6.92. The maximum Gasteiger partial charge on any atom is 0.416 e. The standard InChI is InChI=1S/C22H23F3N2O3/c1-21(2,3)30-20(29)11-8-14-4-6-15(7-5-14)12-19(28)27-18-10-9-16(13-17(18)26)22(23,24)25/h4-11,13H,12,26H2,1-3H3,(H,27,28)/b11-8+. The SMILES string of the molecule is CC(C)(C)OC(=O)/C=C/c1ccc(CC(=O)Nc2ccc(C(F)(F)F)cc2N)cc1. The van der Waals surface area contributed by atoms with Crippen molar-refractivity contribution < 1.29 is 27.5 Å². The van der Waals surface area contributed by atoms with Gasteiger partial charge in [0.25, 0.3) is 0 Å². The number of alkyl halides is 3. The summed E-state index contributed by atoms with van der Waals surface area (Å²) in [7, 11) is 0. The van der Waals surface area contributed by atoms with Gasteiger partial charge in [-0.05, 0) is 56.2 Å². The third kappa shape index (κ3) is 7.27. The first-order valence-corrected chi connectivity index (χ1v) is 9.10. The molecule has 0 aromatic heterocycles. The second-order valence-corrected chi connectivity index (χ2v) is 7.63. The number of nitrogens with two attached hydrogens (primary N) is 1. The van der Waals surface area contributed by atoms with Crippen molar-refractivity contribution in [3.63, 3.8) is 0 Å². The zero-order valence-corrected chi connectivity index (χ0v) is 16.8. The van der Waals surface area contributed by atoms with Crippen LogP contribution in [0.25, 0.3) is 6.08 Å². The minimum atomic E-state index is -4.50. The van der Waals surface area contributed by atoms with Crippen LogP contribution in [0.4, 0.5) is 24.5 Å². The fourth-order valence-corrected chi connectivity index (χ4v) is 2.48. The number of anilines is 2. The Balaban J connectivity index is 1.96. The topological polar surface area (TPSA) is 81.4 Å². The molecule has 0 atom stereocenters. The van der Waals surface area contributed by atoms with E-state index in [1.54, 1.807) is 51.1 Å². The lowest BCUT2D eigenvalue weighted by Crippen LogP contribution is -2.22. The Morgan fingerprint density at radius 2 is 1.70 bits per heavy atom. The number of esters is 1. The van der Waals surface area contributed by atoms with E-state index in [1.807, 2.05) is 0 Å². The van der Waals surface area contributed by atoms with Gasteiger partial charge in [0, 0.05) is 6.08 Å². The van der Waals surface area contributed by atoms with Crippen molar-refractivity contribution in [2.45, 2.75) is 39.0 Å². The lowest BCUT2D eigenvalue weighted by Gasteiger charge is -2.17. The van der Waals surface area contributed by atoms with Crippen LogP contribution >= 0.6 is 0 Å². The molecule has 8 heteroatoms. The molecule has 0 aliphatic rings. The summed E-state index contributed by atoms with van der Waals surface area (Å²) in [4.78, 5) is 23.9. The van der Waals surface area contributed by atoms with Crippen LogP contribution in [-0.2, 0) is 26.9 Å². The van der Waals surface area contributed by atoms with E-state index in [0.717, 1.165) is 23.8 Å². The van der Waals surface area contributed by atoms with Gasteiger partial charge in [0.15, 0.2) is 0 Å². The molecule has 0 radical (unpaired) electrons. The predicted molar refractivity (Wildman–Crippen MR) is 110 cm³/mol. The normalized spacial score (nSPS) is 12.1. The highest BCUT2D eigenvalue weighted by Gasteiger charge is 2.30. The monoisotopic (exact) mass is 420 g/mol. The first kappa shape index (κ1) is 23.0. The molecule has 30 heavy (non-hydrogen) atoms. The lowest BCUT2D eigenvalue weighted by atomic mass is 10.1. The van der Waals surface area contributed by atoms with E-state index in [2.05, 4.69) is 5.32 Å². The molecule has 0 aliphatic carbocycles. The summed E-state index contributed by atoms with van der Waals surface area (Å²) < 4.78 is 43.2. The number of benzene rings is 2. The molecule has 0 bridgehead atoms. The summed E-state index contributed by atoms with van der Waals surface area (Å²) in [5.74, 6) is -0.876. The van der Waals surface area contributed by atoms with Gasteiger partial charge in [-0.25, -0.2) is 4.79 Å². The van der Waals surface area contributed by atoms with E-state index in [0.29, 0.717) is 5.56 Å². The molecule has 2 aromatic carbocycles. The summed E-state index contributed by atoms with van der Waals surface area (Å²) in [6, 6.07) is 9.65. The van der Waals surface area contributed by atoms with Crippen LogP contribution in [-0.4, -0.2) is 17.5 Å². The van der Waals surface area contributed by atoms with Crippen LogP contribution < -0.4 is 11.1 Å². The van der Waals surface area contributed by atoms with Crippen LogP contribution in [0.3, 0.4) is 0 Å². The predicted octanol–water partition coefficient (Wildman–Crippen LogP) is 4.82. The van der Waals surface area contributed by atoms with Crippen molar-refractivity contribution in [2.24, 2.45) is 0 Å². The number of carbonyl (C=O) groups is 2. The second-order valence-electron chi connectivity index (χ2n) is 7.63. The molecule has 5 nitrogen and oxygen atoms in total. The highest BCUT2D eigenvalue weighted by molar-refractivity contribution is 5.95. The molecule has 0 heterocycles. The van der Waals surface area contributed by atoms with E-state index in [4.69, 9.17) is 10.5 Å². The number of hydrogen-bond donors (Lipinski definition) is 2. The van der Waals surface area contributed by atoms with Crippen LogP contribution in [0, 0.1) is 0 Å². The molecular weight excluding hydrogens is 397 g/mol. The Morgan fingerprint density at radius 1 is 1.07 bits per heavy atom. The van der Waals surface area contributed by atoms with E-state index >= 15 is 0 Å². The first-order chi connectivity index (χ1) is 13.8. The highest BCUT2D eigenvalue weighted by Crippen LogP contribution is 2.32. The van der Waals surface area contributed by atoms with Crippen molar-refractivity contribution in [3.8, 4) is 0 Å². The van der Waals surface area contributed by atoms with E-state index in [9.17, 15) is 22.8 Å². The number of nitrogens with one attached hydrogen (secondary N) is 1. The summed E-state index contributed by atoms with van der Waals surface area (Å²) in [5, 5.41) is 2.51. The molecule has 0 aliphatic heterocycles. The van der Waals surface area contributed by atoms with Crippen molar-refractivity contribution >= 4 is 29.3 Å². The van der Waals surface area contributed by atoms with Crippen LogP contribution in [0.2, 0.25) is 0 Å². The van der Waals surface area contributed by atoms with Gasteiger partial charge in [0.05, 0.1) is 23.4 Å². The molecule has 0 spiro atoms. The van der Waals surface area contributed by atoms with Gasteiger partial charge < -0.3 is 15.8 Å². The molecule has 0 fully saturated rings. The molecule has 1 amide bonds. The lowest BCUT2D eigenvalue weighted by molar-refractivity contribution is -0.148. The van der Waals surface area contributed by atoms with Gasteiger partial charge in [-0.15, -0.1) is 0 Å². The second kappa shape index (κ2) is 9.02. The van der Waals surface area contributed by atoms with Crippen LogP contribution in [0.15, 0.2) is 48.5 Å². The molecule has 2 rings (SSSR count). The summed E-state index contributed by atoms with van der Waals surface area (Å²) in [5.41, 5.74) is 5.54. The smallest absolute Gasteiger partial charge is 0.416 e. The quantitative estimate of drug-likeness (QED) is 0.413. The molecule has 0 saturated carbocycles. The fraction of sp³-hybridized carbons (Fsp3) is 0.273. The van der Waals surface area contributed by atoms with E-state index in [1.165, 1.54) is 6.08 Å². The number of halogens is 3. The number of hydrogen-bond acceptors (Lipinski definition) is 4. The van der Waals surface area contributed by atoms with Crippen molar-refractivity contribution in [2.75, 3.05) is 11.1 Å². The Hall–Kier alpha value is -3.29. The largest absolute Gasteiger partial charge is 0.457 e. The average Bonchev–Trinajstić information content (AvgIpc) is 2.60. The molecule has 3 N–H and O–H groups in total. The van der Waals surface area contributed by atoms with Crippen molar-refractivity contribution in [1.29, 1.82) is 0 Å². The van der Waals surface area contributed by atoms with Crippen molar-refractivity contribution in [1.82, 2.24) is 0 Å². The van der Waals surface area contributed by atoms with Gasteiger partial charge in [-0.1, -0.05) is 24.3 Å². The van der Waals surface area contributed by atoms with Gasteiger partial charge >= 0.3 is 12.1 Å². The third-order valence-corrected chi connectivity index (χ3v) is 3.82. The maximum atomic E-state index is 12.7. The minimum absolute atomic E-state index is 0.0104. The summed E-state index contributed by atoms with van der Waals surface area (Å²) in [6.07, 6.45) is -1.58. The summed E-state index contributed by atoms with van der Waals surface area (Å²) in [6.45, 7) is 5.32. The molecule has 160 valence electrons. The fourth-order valence-electron chi connectivity index (χ4n) is 2.48. The third-order valence-electron chi connectivity index (χ3n) is 3.82. The Morgan fingerprint density at radius 3 is 2.23 bits per heavy atom. The molecular formula is C22H23F3N2O3. The number of carbonyl (C=O) groups excluding carboxylic acids is 2. The number of ether oxygens (including phenoxy) is 1. The van der Waals surface area contributed by atoms with E-state index in [-0.39, 0.29) is 17.8 Å². The number of amides is 1. The maximum absolute atomic E-state index is 12.7. The minimum Gasteiger partial charge on any atom is -0.457 e. The zero-order chi connectivity index (χ0) is 22.5. The van der Waals surface area contributed by atoms with Gasteiger partial charge in [-0.2, -0.15) is 13.2 Å². The summed E-state index contributed by atoms with van der Waals surface area (Å²) >= 11 is 0. The van der Waals surface area contributed by atoms with Crippen molar-refractivity contribution in [3.05, 3.63) is 65.2 Å².